The fourth-order valence-corrected chi connectivity index (χ4v) is 4.45. The number of nitrogens with one attached hydrogen (secondary N) is 1. The molecule has 10 heteroatoms. The van der Waals surface area contributed by atoms with E-state index in [-0.39, 0.29) is 45.4 Å². The minimum atomic E-state index is -1.90. The van der Waals surface area contributed by atoms with Crippen LogP contribution in [0.25, 0.3) is 0 Å². The first-order valence-electron chi connectivity index (χ1n) is 12.6. The molecule has 0 aliphatic carbocycles. The Morgan fingerprint density at radius 1 is 0.921 bits per heavy atom. The Morgan fingerprint density at radius 2 is 1.47 bits per heavy atom. The molecule has 0 spiro atoms. The van der Waals surface area contributed by atoms with E-state index >= 15 is 0 Å². The van der Waals surface area contributed by atoms with Crippen molar-refractivity contribution >= 4 is 26.5 Å². The maximum absolute atomic E-state index is 13.1. The largest absolute Gasteiger partial charge is 0.461 e. The second-order valence-corrected chi connectivity index (χ2v) is 11.2. The number of aliphatic hydroxyl groups is 1. The summed E-state index contributed by atoms with van der Waals surface area (Å²) in [5.74, 6) is -2.52. The molecule has 3 atom stereocenters. The van der Waals surface area contributed by atoms with Crippen LogP contribution in [0.1, 0.15) is 57.6 Å². The Morgan fingerprint density at radius 3 is 2.00 bits per heavy atom. The van der Waals surface area contributed by atoms with Gasteiger partial charge in [-0.15, -0.1) is 0 Å². The number of carbonyl (C=O) groups excluding carboxylic acids is 3. The van der Waals surface area contributed by atoms with Gasteiger partial charge in [-0.2, -0.15) is 0 Å². The van der Waals surface area contributed by atoms with Gasteiger partial charge in [0.2, 0.25) is 0 Å². The molecule has 0 aromatic heterocycles. The number of rotatable bonds is 14. The number of carbonyl (C=O) groups is 3. The summed E-state index contributed by atoms with van der Waals surface area (Å²) in [6, 6.07) is 18.2. The lowest BCUT2D eigenvalue weighted by atomic mass is 9.92. The highest BCUT2D eigenvalue weighted by Crippen LogP contribution is 2.37. The van der Waals surface area contributed by atoms with Gasteiger partial charge in [-0.25, -0.2) is 4.79 Å². The Kier molecular flexibility index (Phi) is 12.5. The third-order valence-electron chi connectivity index (χ3n) is 5.62. The van der Waals surface area contributed by atoms with Crippen LogP contribution in [0.4, 0.5) is 4.79 Å². The average molecular weight is 548 g/mol. The van der Waals surface area contributed by atoms with E-state index in [0.29, 0.717) is 0 Å². The monoisotopic (exact) mass is 547 g/mol. The molecule has 0 saturated carbocycles. The second-order valence-electron chi connectivity index (χ2n) is 9.97. The predicted molar refractivity (Wildman–Crippen MR) is 144 cm³/mol. The first kappa shape index (κ1) is 31.1. The molecule has 208 valence electrons. The van der Waals surface area contributed by atoms with E-state index in [4.69, 9.17) is 14.2 Å². The molecule has 0 radical (unpaired) electrons. The average Bonchev–Trinajstić information content (AvgIpc) is 2.89. The molecule has 1 amide bonds. The van der Waals surface area contributed by atoms with E-state index in [1.54, 1.807) is 45.0 Å². The number of ether oxygens (including phenoxy) is 3. The number of alkyl carbamates (subject to hydrolysis) is 1. The maximum Gasteiger partial charge on any atom is 0.407 e. The Hall–Kier alpha value is -3.16. The highest BCUT2D eigenvalue weighted by atomic mass is 31.1. The summed E-state index contributed by atoms with van der Waals surface area (Å²) in [7, 11) is -1.83. The highest BCUT2D eigenvalue weighted by Gasteiger charge is 2.41. The molecule has 38 heavy (non-hydrogen) atoms. The first-order valence-corrected chi connectivity index (χ1v) is 13.6. The number of amides is 1. The molecule has 9 nitrogen and oxygen atoms in total. The second kappa shape index (κ2) is 15.3. The third-order valence-corrected chi connectivity index (χ3v) is 6.72. The predicted octanol–water partition coefficient (Wildman–Crippen LogP) is 4.62. The Labute approximate surface area is 225 Å². The minimum absolute atomic E-state index is 0.0287. The van der Waals surface area contributed by atoms with Gasteiger partial charge in [0.05, 0.1) is 14.4 Å². The number of hydrogen-bond acceptors (Lipinski definition) is 8. The topological polar surface area (TPSA) is 128 Å². The van der Waals surface area contributed by atoms with E-state index in [9.17, 15) is 24.1 Å². The quantitative estimate of drug-likeness (QED) is 0.152. The van der Waals surface area contributed by atoms with Gasteiger partial charge in [-0.05, 0) is 51.2 Å². The van der Waals surface area contributed by atoms with Gasteiger partial charge in [0.25, 0.3) is 0 Å². The summed E-state index contributed by atoms with van der Waals surface area (Å²) < 4.78 is 28.1. The van der Waals surface area contributed by atoms with Gasteiger partial charge in [0.15, 0.2) is 0 Å². The van der Waals surface area contributed by atoms with E-state index in [2.05, 4.69) is 5.32 Å². The molecule has 0 fully saturated rings. The molecule has 0 aliphatic rings. The van der Waals surface area contributed by atoms with Crippen LogP contribution in [0.5, 0.6) is 0 Å². The molecule has 2 N–H and O–H groups in total. The smallest absolute Gasteiger partial charge is 0.407 e. The fourth-order valence-electron chi connectivity index (χ4n) is 3.67. The van der Waals surface area contributed by atoms with Gasteiger partial charge in [0, 0.05) is 13.0 Å². The number of benzene rings is 2. The van der Waals surface area contributed by atoms with E-state index < -0.39 is 43.4 Å². The van der Waals surface area contributed by atoms with Crippen molar-refractivity contribution in [1.29, 1.82) is 0 Å². The summed E-state index contributed by atoms with van der Waals surface area (Å²) in [5.41, 5.74) is 0.909. The number of esters is 2. The fraction of sp³-hybridized carbons (Fsp3) is 0.464. The SMILES string of the molecule is CC(C)(C)OC(=O)NCCCC(O)([PH2]=O)C(CCC(=O)OCc1ccccc1)C(=O)OCc1ccccc1. The molecule has 2 aromatic rings. The number of hydrogen-bond donors (Lipinski definition) is 2. The van der Waals surface area contributed by atoms with Gasteiger partial charge >= 0.3 is 18.0 Å². The van der Waals surface area contributed by atoms with Crippen LogP contribution in [0.15, 0.2) is 60.7 Å². The molecule has 3 unspecified atom stereocenters. The van der Waals surface area contributed by atoms with Crippen molar-refractivity contribution in [2.45, 2.75) is 70.6 Å². The van der Waals surface area contributed by atoms with Crippen LogP contribution in [0.2, 0.25) is 0 Å². The van der Waals surface area contributed by atoms with Crippen molar-refractivity contribution in [2.24, 2.45) is 5.92 Å². The third kappa shape index (κ3) is 11.5. The zero-order chi connectivity index (χ0) is 28.0. The molecule has 0 saturated heterocycles. The van der Waals surface area contributed by atoms with Crippen LogP contribution in [-0.4, -0.2) is 40.6 Å². The summed E-state index contributed by atoms with van der Waals surface area (Å²) in [5, 5.41) is 11.9. The van der Waals surface area contributed by atoms with Crippen LogP contribution >= 0.6 is 8.46 Å². The van der Waals surface area contributed by atoms with Crippen LogP contribution in [-0.2, 0) is 41.6 Å². The lowest BCUT2D eigenvalue weighted by Gasteiger charge is -2.30. The van der Waals surface area contributed by atoms with E-state index in [0.717, 1.165) is 11.1 Å². The van der Waals surface area contributed by atoms with Crippen molar-refractivity contribution in [3.8, 4) is 0 Å². The lowest BCUT2D eigenvalue weighted by molar-refractivity contribution is -0.157. The Bertz CT molecular complexity index is 1040. The lowest BCUT2D eigenvalue weighted by Crippen LogP contribution is -2.40. The summed E-state index contributed by atoms with van der Waals surface area (Å²) in [4.78, 5) is 37.3. The molecule has 0 heterocycles. The van der Waals surface area contributed by atoms with Crippen molar-refractivity contribution in [2.75, 3.05) is 6.54 Å². The molecular formula is C28H38NO8P. The van der Waals surface area contributed by atoms with Crippen LogP contribution < -0.4 is 5.32 Å². The van der Waals surface area contributed by atoms with Crippen molar-refractivity contribution < 1.29 is 38.3 Å². The molecular weight excluding hydrogens is 509 g/mol. The normalized spacial score (nSPS) is 13.9. The first-order chi connectivity index (χ1) is 18.0. The van der Waals surface area contributed by atoms with E-state index in [1.165, 1.54) is 0 Å². The standard InChI is InChI=1S/C28H38NO8P/c1-27(2,3)37-26(32)29-18-10-17-28(33,38-34)23(25(31)36-20-22-13-8-5-9-14-22)15-16-24(30)35-19-21-11-6-4-7-12-21/h4-9,11-14,23,33H,10,15-20,38H2,1-3H3,(H,29,32). The zero-order valence-corrected chi connectivity index (χ0v) is 23.3. The molecule has 0 aliphatic heterocycles. The molecule has 0 bridgehead atoms. The summed E-state index contributed by atoms with van der Waals surface area (Å²) in [6.07, 6.45) is -0.712. The van der Waals surface area contributed by atoms with Gasteiger partial charge in [-0.1, -0.05) is 60.7 Å². The zero-order valence-electron chi connectivity index (χ0n) is 22.2. The van der Waals surface area contributed by atoms with Crippen molar-refractivity contribution in [3.63, 3.8) is 0 Å². The van der Waals surface area contributed by atoms with Crippen LogP contribution in [0.3, 0.4) is 0 Å². The highest BCUT2D eigenvalue weighted by molar-refractivity contribution is 7.25. The van der Waals surface area contributed by atoms with Crippen molar-refractivity contribution in [1.82, 2.24) is 5.32 Å². The van der Waals surface area contributed by atoms with Crippen LogP contribution in [0, 0.1) is 5.92 Å². The maximum atomic E-state index is 13.1. The van der Waals surface area contributed by atoms with Gasteiger partial charge < -0.3 is 29.2 Å². The molecule has 2 rings (SSSR count). The van der Waals surface area contributed by atoms with Gasteiger partial charge in [-0.3, -0.25) is 9.59 Å². The van der Waals surface area contributed by atoms with Crippen molar-refractivity contribution in [3.05, 3.63) is 71.8 Å². The summed E-state index contributed by atoms with van der Waals surface area (Å²) >= 11 is 0. The van der Waals surface area contributed by atoms with Gasteiger partial charge in [0.1, 0.15) is 24.2 Å². The summed E-state index contributed by atoms with van der Waals surface area (Å²) in [6.45, 7) is 5.41. The minimum Gasteiger partial charge on any atom is -0.461 e. The molecule has 2 aromatic carbocycles. The van der Waals surface area contributed by atoms with E-state index in [1.807, 2.05) is 36.4 Å². The Balaban J connectivity index is 2.01.